The van der Waals surface area contributed by atoms with Crippen LogP contribution in [0, 0.1) is 12.3 Å². The molecule has 0 radical (unpaired) electrons. The number of carbonyl (C=O) groups excluding carboxylic acids is 1. The molecule has 3 rings (SSSR count). The molecule has 0 saturated heterocycles. The molecule has 0 saturated carbocycles. The highest BCUT2D eigenvalue weighted by atomic mass is 16.5. The fraction of sp³-hybridized carbons (Fsp3) is 0.269. The van der Waals surface area contributed by atoms with Gasteiger partial charge in [-0.05, 0) is 61.7 Å². The van der Waals surface area contributed by atoms with Gasteiger partial charge in [-0.2, -0.15) is 0 Å². The zero-order valence-electron chi connectivity index (χ0n) is 20.2. The van der Waals surface area contributed by atoms with Gasteiger partial charge in [0, 0.05) is 48.0 Å². The van der Waals surface area contributed by atoms with E-state index >= 15 is 0 Å². The minimum absolute atomic E-state index is 0.153. The number of urea groups is 1. The van der Waals surface area contributed by atoms with Gasteiger partial charge in [0.1, 0.15) is 0 Å². The van der Waals surface area contributed by atoms with Crippen LogP contribution in [0.3, 0.4) is 0 Å². The highest BCUT2D eigenvalue weighted by Gasteiger charge is 2.18. The van der Waals surface area contributed by atoms with E-state index in [1.165, 1.54) is 0 Å². The summed E-state index contributed by atoms with van der Waals surface area (Å²) in [5.41, 5.74) is 5.66. The van der Waals surface area contributed by atoms with Crippen molar-refractivity contribution in [2.24, 2.45) is 0 Å². The van der Waals surface area contributed by atoms with E-state index in [4.69, 9.17) is 14.9 Å². The molecule has 0 fully saturated rings. The first-order valence-electron chi connectivity index (χ1n) is 11.0. The van der Waals surface area contributed by atoms with Gasteiger partial charge in [-0.15, -0.1) is 0 Å². The minimum atomic E-state index is -0.253. The topological polar surface area (TPSA) is 108 Å². The van der Waals surface area contributed by atoms with E-state index in [9.17, 15) is 4.79 Å². The average molecular weight is 462 g/mol. The number of hydrogen-bond donors (Lipinski definition) is 4. The molecule has 3 aromatic rings. The molecule has 34 heavy (non-hydrogen) atoms. The van der Waals surface area contributed by atoms with Gasteiger partial charge in [-0.1, -0.05) is 12.1 Å². The monoisotopic (exact) mass is 461 g/mol. The van der Waals surface area contributed by atoms with Crippen LogP contribution in [-0.2, 0) is 6.42 Å². The van der Waals surface area contributed by atoms with Gasteiger partial charge < -0.3 is 25.4 Å². The molecule has 178 valence electrons. The van der Waals surface area contributed by atoms with Gasteiger partial charge >= 0.3 is 6.03 Å². The van der Waals surface area contributed by atoms with Crippen LogP contribution in [0.5, 0.6) is 11.5 Å². The Morgan fingerprint density at radius 1 is 1.09 bits per heavy atom. The Bertz CT molecular complexity index is 1160. The third-order valence-electron chi connectivity index (χ3n) is 5.48. The summed E-state index contributed by atoms with van der Waals surface area (Å²) in [6.45, 7) is 3.92. The second kappa shape index (κ2) is 11.2. The number of nitrogens with one attached hydrogen (secondary N) is 4. The van der Waals surface area contributed by atoms with Gasteiger partial charge in [-0.25, -0.2) is 4.79 Å². The smallest absolute Gasteiger partial charge is 0.314 e. The highest BCUT2D eigenvalue weighted by molar-refractivity contribution is 6.12. The van der Waals surface area contributed by atoms with Crippen molar-refractivity contribution in [1.29, 1.82) is 5.41 Å². The molecule has 8 heteroatoms. The Labute approximate surface area is 200 Å². The van der Waals surface area contributed by atoms with Crippen molar-refractivity contribution >= 4 is 23.1 Å². The van der Waals surface area contributed by atoms with E-state index in [0.29, 0.717) is 29.2 Å². The zero-order valence-corrected chi connectivity index (χ0v) is 20.2. The maximum atomic E-state index is 11.7. The molecule has 0 aliphatic carbocycles. The van der Waals surface area contributed by atoms with Gasteiger partial charge in [0.15, 0.2) is 11.5 Å². The van der Waals surface area contributed by atoms with E-state index in [0.717, 1.165) is 28.1 Å². The largest absolute Gasteiger partial charge is 0.493 e. The van der Waals surface area contributed by atoms with Crippen molar-refractivity contribution in [2.45, 2.75) is 26.3 Å². The molecule has 1 aromatic heterocycles. The Balaban J connectivity index is 1.90. The first kappa shape index (κ1) is 24.6. The Kier molecular flexibility index (Phi) is 8.08. The first-order chi connectivity index (χ1) is 16.4. The second-order valence-corrected chi connectivity index (χ2v) is 7.96. The van der Waals surface area contributed by atoms with E-state index in [1.807, 2.05) is 62.5 Å². The van der Waals surface area contributed by atoms with Crippen LogP contribution in [-0.4, -0.2) is 44.0 Å². The van der Waals surface area contributed by atoms with Crippen LogP contribution in [0.25, 0.3) is 0 Å². The number of methoxy groups -OCH3 is 2. The number of amides is 2. The Morgan fingerprint density at radius 3 is 2.38 bits per heavy atom. The highest BCUT2D eigenvalue weighted by Crippen LogP contribution is 2.32. The summed E-state index contributed by atoms with van der Waals surface area (Å²) in [6, 6.07) is 12.9. The van der Waals surface area contributed by atoms with Gasteiger partial charge in [0.2, 0.25) is 0 Å². The van der Waals surface area contributed by atoms with E-state index in [-0.39, 0.29) is 12.1 Å². The molecule has 1 heterocycles. The molecule has 4 N–H and O–H groups in total. The lowest BCUT2D eigenvalue weighted by atomic mass is 9.93. The van der Waals surface area contributed by atoms with Crippen LogP contribution in [0.2, 0.25) is 0 Å². The number of aryl methyl sites for hydroxylation is 1. The summed E-state index contributed by atoms with van der Waals surface area (Å²) < 4.78 is 11.0. The fourth-order valence-electron chi connectivity index (χ4n) is 3.64. The summed E-state index contributed by atoms with van der Waals surface area (Å²) in [5.74, 6) is 1.12. The maximum absolute atomic E-state index is 11.7. The van der Waals surface area contributed by atoms with Crippen molar-refractivity contribution in [3.05, 3.63) is 77.1 Å². The molecular formula is C26H31N5O3. The molecule has 0 bridgehead atoms. The number of anilines is 2. The predicted octanol–water partition coefficient (Wildman–Crippen LogP) is 4.43. The predicted molar refractivity (Wildman–Crippen MR) is 135 cm³/mol. The Hall–Kier alpha value is -4.07. The average Bonchev–Trinajstić information content (AvgIpc) is 2.85. The zero-order chi connectivity index (χ0) is 24.7. The van der Waals surface area contributed by atoms with Crippen LogP contribution >= 0.6 is 0 Å². The molecule has 0 aliphatic rings. The van der Waals surface area contributed by atoms with E-state index in [1.54, 1.807) is 27.5 Å². The summed E-state index contributed by atoms with van der Waals surface area (Å²) in [5, 5.41) is 17.8. The number of carbonyl (C=O) groups is 1. The lowest BCUT2D eigenvalue weighted by Gasteiger charge is -2.19. The van der Waals surface area contributed by atoms with Crippen molar-refractivity contribution < 1.29 is 14.3 Å². The number of aromatic nitrogens is 1. The quantitative estimate of drug-likeness (QED) is 0.353. The number of rotatable bonds is 9. The first-order valence-corrected chi connectivity index (χ1v) is 11.0. The molecule has 2 aromatic carbocycles. The van der Waals surface area contributed by atoms with E-state index in [2.05, 4.69) is 20.9 Å². The van der Waals surface area contributed by atoms with Gasteiger partial charge in [0.25, 0.3) is 0 Å². The summed E-state index contributed by atoms with van der Waals surface area (Å²) >= 11 is 0. The van der Waals surface area contributed by atoms with Crippen LogP contribution in [0.1, 0.15) is 29.2 Å². The molecule has 1 unspecified atom stereocenters. The normalized spacial score (nSPS) is 11.3. The van der Waals surface area contributed by atoms with Crippen molar-refractivity contribution in [3.63, 3.8) is 0 Å². The lowest BCUT2D eigenvalue weighted by Crippen LogP contribution is -2.40. The van der Waals surface area contributed by atoms with Crippen LogP contribution < -0.4 is 25.4 Å². The van der Waals surface area contributed by atoms with Crippen molar-refractivity contribution in [3.8, 4) is 11.5 Å². The lowest BCUT2D eigenvalue weighted by molar-refractivity contribution is 0.240. The Morgan fingerprint density at radius 2 is 1.76 bits per heavy atom. The number of nitrogens with zero attached hydrogens (tertiary/aromatic N) is 1. The van der Waals surface area contributed by atoms with Gasteiger partial charge in [0.05, 0.1) is 19.9 Å². The number of pyridine rings is 1. The molecular weight excluding hydrogens is 430 g/mol. The van der Waals surface area contributed by atoms with Crippen molar-refractivity contribution in [1.82, 2.24) is 15.6 Å². The molecule has 8 nitrogen and oxygen atoms in total. The maximum Gasteiger partial charge on any atom is 0.314 e. The molecule has 2 amide bonds. The number of ether oxygens (including phenoxy) is 2. The third-order valence-corrected chi connectivity index (χ3v) is 5.48. The summed E-state index contributed by atoms with van der Waals surface area (Å²) in [6.07, 6.45) is 4.08. The van der Waals surface area contributed by atoms with Gasteiger partial charge in [-0.3, -0.25) is 10.4 Å². The molecule has 1 atom stereocenters. The summed E-state index contributed by atoms with van der Waals surface area (Å²) in [7, 11) is 4.73. The third kappa shape index (κ3) is 5.83. The van der Waals surface area contributed by atoms with Crippen LogP contribution in [0.15, 0.2) is 54.9 Å². The number of hydrogen-bond acceptors (Lipinski definition) is 6. The minimum Gasteiger partial charge on any atom is -0.493 e. The SMILES string of the molecule is CNC(=O)NC(C)Cc1cc(OC)c(OC)cc1C(=N)c1ccc(Nc2ccncc2C)cc1. The van der Waals surface area contributed by atoms with Crippen LogP contribution in [0.4, 0.5) is 16.2 Å². The number of benzene rings is 2. The second-order valence-electron chi connectivity index (χ2n) is 7.96. The molecule has 0 aliphatic heterocycles. The molecule has 0 spiro atoms. The van der Waals surface area contributed by atoms with Crippen molar-refractivity contribution in [2.75, 3.05) is 26.6 Å². The summed E-state index contributed by atoms with van der Waals surface area (Å²) in [4.78, 5) is 15.9. The standard InChI is InChI=1S/C26H31N5O3/c1-16-15-29-11-10-22(16)31-20-8-6-18(7-9-20)25(27)21-14-24(34-5)23(33-4)13-19(21)12-17(2)30-26(32)28-3/h6-11,13-15,17,27H,12H2,1-5H3,(H,29,31)(H2,28,30,32). The fourth-order valence-corrected chi connectivity index (χ4v) is 3.64. The van der Waals surface area contributed by atoms with E-state index < -0.39 is 0 Å².